The summed E-state index contributed by atoms with van der Waals surface area (Å²) < 4.78 is 71.8. The van der Waals surface area contributed by atoms with E-state index in [9.17, 15) is 26.1 Å². The van der Waals surface area contributed by atoms with Gasteiger partial charge in [0.2, 0.25) is 0 Å². The van der Waals surface area contributed by atoms with Crippen LogP contribution in [0.3, 0.4) is 0 Å². The fourth-order valence-electron chi connectivity index (χ4n) is 1.05. The normalized spacial score (nSPS) is 12.1. The molecule has 0 radical (unpaired) electrons. The van der Waals surface area contributed by atoms with Gasteiger partial charge in [-0.2, -0.15) is 13.2 Å². The fourth-order valence-corrected chi connectivity index (χ4v) is 1.05. The molecule has 0 aliphatic heterocycles. The molecule has 0 aromatic carbocycles. The van der Waals surface area contributed by atoms with Crippen LogP contribution in [0.5, 0.6) is 0 Å². The smallest absolute Gasteiger partial charge is 0.449 e. The number of hydrogen-bond acceptors (Lipinski definition) is 1. The Hall–Kier alpha value is 0.431. The molecule has 0 spiro atoms. The van der Waals surface area contributed by atoms with E-state index in [0.29, 0.717) is 6.20 Å². The van der Waals surface area contributed by atoms with Gasteiger partial charge in [-0.3, -0.25) is 4.98 Å². The summed E-state index contributed by atoms with van der Waals surface area (Å²) >= 11 is 0. The largest absolute Gasteiger partial charge is 1.00 e. The Kier molecular flexibility index (Phi) is 6.72. The minimum absolute atomic E-state index is 0. The second-order valence-corrected chi connectivity index (χ2v) is 3.28. The van der Waals surface area contributed by atoms with E-state index < -0.39 is 25.0 Å². The molecule has 1 nitrogen and oxygen atoms in total. The van der Waals surface area contributed by atoms with Crippen molar-refractivity contribution in [3.05, 3.63) is 29.6 Å². The summed E-state index contributed by atoms with van der Waals surface area (Å²) in [5.41, 5.74) is -0.957. The average molecular weight is 281 g/mol. The molecule has 0 unspecified atom stereocenters. The number of aromatic nitrogens is 1. The van der Waals surface area contributed by atoms with Crippen LogP contribution >= 0.6 is 0 Å². The summed E-state index contributed by atoms with van der Waals surface area (Å²) in [4.78, 5) is 3.34. The van der Waals surface area contributed by atoms with Gasteiger partial charge in [-0.05, 0) is 18.6 Å². The number of aryl methyl sites for hydroxylation is 1. The molecule has 17 heavy (non-hydrogen) atoms. The van der Waals surface area contributed by atoms with Crippen molar-refractivity contribution in [1.29, 1.82) is 0 Å². The molecule has 0 aliphatic carbocycles. The number of nitrogens with zero attached hydrogens (tertiary/aromatic N) is 1. The molecule has 0 fully saturated rings. The van der Waals surface area contributed by atoms with Gasteiger partial charge < -0.3 is 12.9 Å². The zero-order valence-corrected chi connectivity index (χ0v) is 12.1. The summed E-state index contributed by atoms with van der Waals surface area (Å²) in [6.45, 7) is -4.92. The zero-order valence-electron chi connectivity index (χ0n) is 8.94. The van der Waals surface area contributed by atoms with Crippen LogP contribution in [-0.4, -0.2) is 12.0 Å². The first-order chi connectivity index (χ1) is 7.18. The van der Waals surface area contributed by atoms with Gasteiger partial charge in [0.25, 0.3) is 0 Å². The number of pyridine rings is 1. The Bertz CT molecular complexity index is 347. The van der Waals surface area contributed by atoms with Crippen molar-refractivity contribution in [3.8, 4) is 0 Å². The van der Waals surface area contributed by atoms with Crippen LogP contribution in [0.25, 0.3) is 0 Å². The van der Waals surface area contributed by atoms with Gasteiger partial charge in [0, 0.05) is 11.9 Å². The van der Waals surface area contributed by atoms with Crippen molar-refractivity contribution in [2.24, 2.45) is 0 Å². The molecule has 9 heteroatoms. The van der Waals surface area contributed by atoms with E-state index in [4.69, 9.17) is 0 Å². The van der Waals surface area contributed by atoms with E-state index in [0.717, 1.165) is 12.1 Å². The summed E-state index contributed by atoms with van der Waals surface area (Å²) in [6, 6.07) is 1.69. The molecule has 90 valence electrons. The Morgan fingerprint density at radius 2 is 1.71 bits per heavy atom. The first-order valence-corrected chi connectivity index (χ1v) is 4.41. The predicted molar refractivity (Wildman–Crippen MR) is 46.8 cm³/mol. The van der Waals surface area contributed by atoms with E-state index in [1.807, 2.05) is 0 Å². The van der Waals surface area contributed by atoms with Crippen LogP contribution in [0, 0.1) is 0 Å². The van der Waals surface area contributed by atoms with Crippen LogP contribution in [-0.2, 0) is 12.6 Å². The van der Waals surface area contributed by atoms with Crippen LogP contribution in [0.2, 0.25) is 6.32 Å². The monoisotopic (exact) mass is 281 g/mol. The van der Waals surface area contributed by atoms with Gasteiger partial charge in [-0.15, -0.1) is 0 Å². The number of halogens is 6. The Labute approximate surface area is 136 Å². The maximum Gasteiger partial charge on any atom is 1.00 e. The molecule has 0 amide bonds. The second-order valence-electron chi connectivity index (χ2n) is 3.28. The average Bonchev–Trinajstić information content (AvgIpc) is 2.13. The quantitative estimate of drug-likeness (QED) is 0.580. The summed E-state index contributed by atoms with van der Waals surface area (Å²) in [7, 11) is 0. The van der Waals surface area contributed by atoms with Crippen molar-refractivity contribution in [1.82, 2.24) is 4.98 Å². The molecule has 0 N–H and O–H groups in total. The number of alkyl halides is 3. The van der Waals surface area contributed by atoms with E-state index in [1.54, 1.807) is 0 Å². The van der Waals surface area contributed by atoms with Crippen molar-refractivity contribution in [2.75, 3.05) is 0 Å². The van der Waals surface area contributed by atoms with Crippen LogP contribution < -0.4 is 51.4 Å². The molecular formula is C8H7BF6KN. The number of rotatable bonds is 3. The third kappa shape index (κ3) is 6.80. The fraction of sp³-hybridized carbons (Fsp3) is 0.375. The number of hydrogen-bond donors (Lipinski definition) is 0. The maximum atomic E-state index is 12.1. The molecule has 0 saturated heterocycles. The molecule has 1 rings (SSSR count). The van der Waals surface area contributed by atoms with Gasteiger partial charge in [-0.25, -0.2) is 0 Å². The van der Waals surface area contributed by atoms with Gasteiger partial charge in [0.15, 0.2) is 0 Å². The predicted octanol–water partition coefficient (Wildman–Crippen LogP) is 0.494. The third-order valence-electron chi connectivity index (χ3n) is 1.88. The topological polar surface area (TPSA) is 12.9 Å². The Balaban J connectivity index is 0.00000256. The molecule has 0 saturated carbocycles. The third-order valence-corrected chi connectivity index (χ3v) is 1.88. The summed E-state index contributed by atoms with van der Waals surface area (Å²) in [5.74, 6) is 0. The Morgan fingerprint density at radius 3 is 2.06 bits per heavy atom. The summed E-state index contributed by atoms with van der Waals surface area (Å²) in [5, 5.41) is 0. The van der Waals surface area contributed by atoms with E-state index >= 15 is 0 Å². The van der Waals surface area contributed by atoms with Crippen molar-refractivity contribution < 1.29 is 77.5 Å². The minimum Gasteiger partial charge on any atom is -0.449 e. The van der Waals surface area contributed by atoms with Crippen LogP contribution in [0.1, 0.15) is 11.3 Å². The van der Waals surface area contributed by atoms with Gasteiger partial charge in [-0.1, -0.05) is 6.32 Å². The molecule has 1 heterocycles. The first kappa shape index (κ1) is 17.4. The molecule has 1 aromatic rings. The second kappa shape index (κ2) is 6.56. The zero-order chi connectivity index (χ0) is 12.4. The molecule has 1 aromatic heterocycles. The van der Waals surface area contributed by atoms with Gasteiger partial charge in [0.1, 0.15) is 0 Å². The van der Waals surface area contributed by atoms with Gasteiger partial charge >= 0.3 is 64.5 Å². The van der Waals surface area contributed by atoms with Gasteiger partial charge in [0.05, 0.1) is 5.56 Å². The van der Waals surface area contributed by atoms with Crippen LogP contribution in [0.4, 0.5) is 26.1 Å². The Morgan fingerprint density at radius 1 is 1.12 bits per heavy atom. The molecule has 0 bridgehead atoms. The standard InChI is InChI=1S/C8H7BF6N.K/c10-8(11,12)6-1-2-7(16-5-6)3-4-9(13,14)15;/h1-2,5H,3-4H2;/q-1;+1. The van der Waals surface area contributed by atoms with E-state index in [-0.39, 0.29) is 63.5 Å². The molecule has 0 aliphatic rings. The SMILES string of the molecule is F[B-](F)(F)CCc1ccc(C(F)(F)F)cn1.[K+]. The summed E-state index contributed by atoms with van der Waals surface area (Å²) in [6.07, 6.45) is -5.39. The van der Waals surface area contributed by atoms with Crippen molar-refractivity contribution in [3.63, 3.8) is 0 Å². The van der Waals surface area contributed by atoms with Crippen molar-refractivity contribution >= 4 is 6.98 Å². The van der Waals surface area contributed by atoms with Crippen molar-refractivity contribution in [2.45, 2.75) is 18.9 Å². The molecule has 0 atom stereocenters. The first-order valence-electron chi connectivity index (χ1n) is 4.41. The van der Waals surface area contributed by atoms with E-state index in [2.05, 4.69) is 4.98 Å². The van der Waals surface area contributed by atoms with Crippen LogP contribution in [0.15, 0.2) is 18.3 Å². The molecular weight excluding hydrogens is 274 g/mol. The minimum atomic E-state index is -4.92. The maximum absolute atomic E-state index is 12.1. The van der Waals surface area contributed by atoms with E-state index in [1.165, 1.54) is 0 Å².